The molecule has 1 fully saturated rings. The predicted octanol–water partition coefficient (Wildman–Crippen LogP) is -1.16. The molecule has 3 amide bonds. The summed E-state index contributed by atoms with van der Waals surface area (Å²) in [5.41, 5.74) is 6.17. The first kappa shape index (κ1) is 51.7. The molecule has 0 saturated carbocycles. The van der Waals surface area contributed by atoms with Crippen molar-refractivity contribution in [3.63, 3.8) is 0 Å². The molecule has 9 N–H and O–H groups in total. The Morgan fingerprint density at radius 2 is 1.17 bits per heavy atom. The molecule has 0 spiro atoms. The molecular weight excluding hydrogens is 900 g/mol. The van der Waals surface area contributed by atoms with Gasteiger partial charge in [0.05, 0.1) is 0 Å². The van der Waals surface area contributed by atoms with Gasteiger partial charge in [-0.25, -0.2) is 11.7 Å². The maximum atomic E-state index is 10.5. The van der Waals surface area contributed by atoms with Crippen LogP contribution in [0.5, 0.6) is 0 Å². The van der Waals surface area contributed by atoms with E-state index in [1.165, 1.54) is 25.8 Å². The molecule has 1 rings (SSSR count). The second kappa shape index (κ2) is 42.4. The number of hydrogen-bond acceptors (Lipinski definition) is 9. The largest absolute Gasteiger partial charge is 0.574 e. The Bertz CT molecular complexity index is 322. The van der Waals surface area contributed by atoms with Crippen LogP contribution in [0.4, 0.5) is 0 Å². The van der Waals surface area contributed by atoms with Gasteiger partial charge in [0.2, 0.25) is 17.7 Å². The van der Waals surface area contributed by atoms with Gasteiger partial charge in [0.1, 0.15) is 0 Å². The first-order valence-corrected chi connectivity index (χ1v) is 6.56. The van der Waals surface area contributed by atoms with Gasteiger partial charge in [-0.05, 0) is 0 Å². The second-order valence-corrected chi connectivity index (χ2v) is 3.84. The summed E-state index contributed by atoms with van der Waals surface area (Å²) in [6, 6.07) is 0. The van der Waals surface area contributed by atoms with Crippen molar-refractivity contribution in [2.75, 3.05) is 19.7 Å². The maximum Gasteiger partial charge on any atom is 0.230 e. The van der Waals surface area contributed by atoms with E-state index in [1.807, 2.05) is 10.9 Å². The number of ether oxygens (including phenoxy) is 1. The fourth-order valence-electron chi connectivity index (χ4n) is 0.586. The maximum absolute atomic E-state index is 10.5. The molecule has 0 unspecified atom stereocenters. The van der Waals surface area contributed by atoms with Crippen LogP contribution in [0.1, 0.15) is 35.6 Å². The minimum Gasteiger partial charge on any atom is -0.574 e. The van der Waals surface area contributed by atoms with Crippen LogP contribution in [-0.2, 0) is 82.3 Å². The monoisotopic (exact) mass is 935 g/mol. The van der Waals surface area contributed by atoms with E-state index in [2.05, 4.69) is 21.8 Å². The molecule has 1 saturated heterocycles. The minimum atomic E-state index is -0.242. The van der Waals surface area contributed by atoms with Crippen LogP contribution >= 0.6 is 0 Å². The normalized spacial score (nSPS) is 8.69. The number of rotatable bonds is 5. The van der Waals surface area contributed by atoms with Crippen LogP contribution in [0.15, 0.2) is 0 Å². The van der Waals surface area contributed by atoms with Gasteiger partial charge in [-0.1, -0.05) is 34.5 Å². The Balaban J connectivity index is -0.0000000351. The summed E-state index contributed by atoms with van der Waals surface area (Å²) in [5.74, 6) is 8.47. The third-order valence-corrected chi connectivity index (χ3v) is 1.49. The number of amides is 3. The van der Waals surface area contributed by atoms with Crippen molar-refractivity contribution in [1.82, 2.24) is 21.3 Å². The molecule has 0 aromatic carbocycles. The van der Waals surface area contributed by atoms with Crippen molar-refractivity contribution in [2.45, 2.75) is 35.6 Å². The van der Waals surface area contributed by atoms with E-state index >= 15 is 0 Å². The zero-order valence-corrected chi connectivity index (χ0v) is 24.0. The number of aliphatic hydroxyl groups is 2. The van der Waals surface area contributed by atoms with Crippen LogP contribution in [0, 0.1) is 19.8 Å². The second-order valence-electron chi connectivity index (χ2n) is 3.84. The number of hydrogen-bond donors (Lipinski definition) is 7. The van der Waals surface area contributed by atoms with Crippen molar-refractivity contribution >= 4 is 17.7 Å². The molecule has 1 aliphatic rings. The summed E-state index contributed by atoms with van der Waals surface area (Å²) in [5, 5.41) is 18.1. The Hall–Kier alpha value is 0.235. The van der Waals surface area contributed by atoms with Crippen molar-refractivity contribution in [2.24, 2.45) is 11.7 Å². The summed E-state index contributed by atoms with van der Waals surface area (Å²) >= 11 is 0. The molecule has 0 radical (unpaired) electrons. The van der Waals surface area contributed by atoms with Gasteiger partial charge in [0.15, 0.2) is 0 Å². The Labute approximate surface area is 217 Å². The predicted molar refractivity (Wildman–Crippen MR) is 97.6 cm³/mol. The number of nitrogens with two attached hydrogens (primary N) is 2. The van der Waals surface area contributed by atoms with Crippen LogP contribution in [-0.4, -0.2) is 52.6 Å². The topological polar surface area (TPSA) is 196 Å². The van der Waals surface area contributed by atoms with E-state index < -0.39 is 0 Å². The molecule has 0 aromatic rings. The van der Waals surface area contributed by atoms with E-state index in [9.17, 15) is 14.4 Å². The van der Waals surface area contributed by atoms with Crippen molar-refractivity contribution in [1.29, 1.82) is 0 Å². The number of epoxide rings is 1. The number of carbonyl (C=O) groups excluding carboxylic acids is 3. The average Bonchev–Trinajstić information content (AvgIpc) is 3.37. The van der Waals surface area contributed by atoms with Crippen LogP contribution < -0.4 is 28.0 Å². The van der Waals surface area contributed by atoms with E-state index in [0.29, 0.717) is 0 Å². The Morgan fingerprint density at radius 1 is 0.931 bits per heavy atom. The summed E-state index contributed by atoms with van der Waals surface area (Å²) < 4.78 is 4.38. The molecule has 178 valence electrons. The molecule has 0 aliphatic carbocycles. The molecule has 15 heteroatoms. The number of carbonyl (C=O) groups is 3. The average molecular weight is 935 g/mol. The van der Waals surface area contributed by atoms with Gasteiger partial charge >= 0.3 is 0 Å². The van der Waals surface area contributed by atoms with E-state index in [4.69, 9.17) is 10.2 Å². The van der Waals surface area contributed by atoms with Crippen LogP contribution in [0.25, 0.3) is 0 Å². The molecule has 0 bridgehead atoms. The van der Waals surface area contributed by atoms with Crippen molar-refractivity contribution in [3.8, 4) is 0 Å². The Morgan fingerprint density at radius 3 is 1.28 bits per heavy atom. The zero-order chi connectivity index (χ0) is 19.4. The van der Waals surface area contributed by atoms with Crippen molar-refractivity contribution < 1.29 is 92.5 Å². The van der Waals surface area contributed by atoms with Crippen LogP contribution in [0.2, 0.25) is 0 Å². The molecule has 29 heavy (non-hydrogen) atoms. The van der Waals surface area contributed by atoms with E-state index in [0.717, 1.165) is 19.8 Å². The molecular formula is C14H35N6O6W3-3. The van der Waals surface area contributed by atoms with E-state index in [-0.39, 0.29) is 109 Å². The van der Waals surface area contributed by atoms with Gasteiger partial charge < -0.3 is 14.9 Å². The summed E-state index contributed by atoms with van der Waals surface area (Å²) in [4.78, 5) is 29.6. The summed E-state index contributed by atoms with van der Waals surface area (Å²) in [7, 11) is 0. The smallest absolute Gasteiger partial charge is 0.230 e. The summed E-state index contributed by atoms with van der Waals surface area (Å²) in [6.07, 6.45) is 0. The van der Waals surface area contributed by atoms with E-state index in [1.54, 1.807) is 6.61 Å². The fourth-order valence-corrected chi connectivity index (χ4v) is 0.586. The van der Waals surface area contributed by atoms with Gasteiger partial charge in [0, 0.05) is 84.0 Å². The number of nitrogens with one attached hydrogen (secondary N) is 3. The zero-order valence-electron chi connectivity index (χ0n) is 15.2. The molecule has 12 nitrogen and oxygen atoms in total. The number of aliphatic hydroxyl groups excluding tert-OH is 2. The SMILES string of the molecule is C.C.CC(=O)NN.CC(=O)NN.CC(=O)NN(C[CH-]O)C[CH-]O.[CH-]1CO1.[W].[W].[W]. The first-order valence-electron chi connectivity index (χ1n) is 6.56. The first-order chi connectivity index (χ1) is 11.2. The van der Waals surface area contributed by atoms with Gasteiger partial charge in [0.25, 0.3) is 0 Å². The molecule has 0 aromatic heterocycles. The minimum absolute atomic E-state index is 0. The van der Waals surface area contributed by atoms with Crippen LogP contribution in [0.3, 0.4) is 0 Å². The van der Waals surface area contributed by atoms with Crippen molar-refractivity contribution in [3.05, 3.63) is 19.8 Å². The van der Waals surface area contributed by atoms with Gasteiger partial charge in [-0.2, -0.15) is 19.8 Å². The molecule has 1 aliphatic heterocycles. The third-order valence-electron chi connectivity index (χ3n) is 1.49. The van der Waals surface area contributed by atoms with Gasteiger partial charge in [-0.15, -0.1) is 0 Å². The standard InChI is InChI=1S/C6H12N2O3.2C2H6N2O.C2H3O.2CH4.3W/c1-6(11)7-8(2-4-9)3-5-10;2*1-2(5)4-3;1-2-3-1;;;;;/h4-5,9-10H,2-3H2,1H3,(H,7,11);2*3H2,1H3,(H,4,5);1H,2H2;2*1H4;;;/q-2;;;-1;;;;;. The quantitative estimate of drug-likeness (QED) is 0.0586. The molecule has 1 heterocycles. The molecule has 0 atom stereocenters. The number of hydrazine groups is 3. The summed E-state index contributed by atoms with van der Waals surface area (Å²) in [6.45, 7) is 8.80. The van der Waals surface area contributed by atoms with Gasteiger partial charge in [-0.3, -0.25) is 35.7 Å². The Kier molecular flexibility index (Phi) is 75.5. The number of nitrogens with zero attached hydrogens (tertiary/aromatic N) is 1. The fraction of sp³-hybridized carbons (Fsp3) is 0.571. The third kappa shape index (κ3) is 83.7.